The summed E-state index contributed by atoms with van der Waals surface area (Å²) in [5, 5.41) is 10.2. The quantitative estimate of drug-likeness (QED) is 0.392. The number of carboxylic acid groups (broad SMARTS) is 1. The van der Waals surface area contributed by atoms with Crippen molar-refractivity contribution < 1.29 is 24.1 Å². The number of hydrogen-bond acceptors (Lipinski definition) is 7. The van der Waals surface area contributed by atoms with Crippen LogP contribution in [0.5, 0.6) is 17.2 Å². The lowest BCUT2D eigenvalue weighted by atomic mass is 10.0. The molecule has 0 saturated heterocycles. The molecule has 7 nitrogen and oxygen atoms in total. The Morgan fingerprint density at radius 3 is 2.53 bits per heavy atom. The first kappa shape index (κ1) is 23.8. The SMILES string of the molecule is COc1ccc(-c2nc(COc3ccc(OCC(=O)O)c(C)c3)sc2C2=CN=C(Cl)CC2)cc1. The average Bonchev–Trinajstić information content (AvgIpc) is 3.27. The first-order chi connectivity index (χ1) is 16.4. The molecular formula is C25H23ClN2O5S. The maximum atomic E-state index is 10.7. The van der Waals surface area contributed by atoms with Gasteiger partial charge in [0.05, 0.1) is 17.7 Å². The van der Waals surface area contributed by atoms with E-state index in [2.05, 4.69) is 4.99 Å². The van der Waals surface area contributed by atoms with Crippen molar-refractivity contribution in [2.45, 2.75) is 26.4 Å². The zero-order valence-electron chi connectivity index (χ0n) is 18.7. The van der Waals surface area contributed by atoms with E-state index < -0.39 is 5.97 Å². The largest absolute Gasteiger partial charge is 0.497 e. The molecule has 0 unspecified atom stereocenters. The molecule has 1 N–H and O–H groups in total. The zero-order valence-corrected chi connectivity index (χ0v) is 20.3. The number of aromatic nitrogens is 1. The summed E-state index contributed by atoms with van der Waals surface area (Å²) in [6.45, 7) is 1.75. The van der Waals surface area contributed by atoms with Crippen LogP contribution in [0.4, 0.5) is 0 Å². The minimum Gasteiger partial charge on any atom is -0.497 e. The van der Waals surface area contributed by atoms with E-state index in [0.717, 1.165) is 44.4 Å². The number of carboxylic acids is 1. The van der Waals surface area contributed by atoms with E-state index in [1.165, 1.54) is 0 Å². The first-order valence-corrected chi connectivity index (χ1v) is 11.8. The van der Waals surface area contributed by atoms with Crippen LogP contribution in [0.25, 0.3) is 16.8 Å². The highest BCUT2D eigenvalue weighted by Crippen LogP contribution is 2.38. The third-order valence-corrected chi connectivity index (χ3v) is 6.54. The second-order valence-corrected chi connectivity index (χ2v) is 9.09. The van der Waals surface area contributed by atoms with Crippen molar-refractivity contribution in [1.82, 2.24) is 4.98 Å². The van der Waals surface area contributed by atoms with Crippen LogP contribution >= 0.6 is 22.9 Å². The molecule has 0 bridgehead atoms. The number of benzene rings is 2. The van der Waals surface area contributed by atoms with Crippen LogP contribution in [-0.4, -0.2) is 34.9 Å². The van der Waals surface area contributed by atoms with Crippen LogP contribution in [0.15, 0.2) is 53.7 Å². The van der Waals surface area contributed by atoms with Crippen molar-refractivity contribution in [3.8, 4) is 28.5 Å². The van der Waals surface area contributed by atoms with E-state index in [0.29, 0.717) is 29.7 Å². The number of thiazole rings is 1. The van der Waals surface area contributed by atoms with Gasteiger partial charge in [-0.05, 0) is 66.9 Å². The van der Waals surface area contributed by atoms with E-state index in [4.69, 9.17) is 35.9 Å². The maximum absolute atomic E-state index is 10.7. The Bertz CT molecular complexity index is 1250. The van der Waals surface area contributed by atoms with Gasteiger partial charge in [0.2, 0.25) is 0 Å². The van der Waals surface area contributed by atoms with E-state index in [1.54, 1.807) is 30.6 Å². The minimum absolute atomic E-state index is 0.292. The van der Waals surface area contributed by atoms with Gasteiger partial charge >= 0.3 is 5.97 Å². The Morgan fingerprint density at radius 1 is 1.12 bits per heavy atom. The molecule has 34 heavy (non-hydrogen) atoms. The second-order valence-electron chi connectivity index (χ2n) is 7.57. The normalized spacial score (nSPS) is 13.1. The number of rotatable bonds is 9. The number of aliphatic carboxylic acids is 1. The molecule has 2 aromatic carbocycles. The molecule has 3 aromatic rings. The molecule has 1 aliphatic heterocycles. The van der Waals surface area contributed by atoms with Gasteiger partial charge in [-0.15, -0.1) is 11.3 Å². The molecule has 0 spiro atoms. The van der Waals surface area contributed by atoms with E-state index in [-0.39, 0.29) is 6.61 Å². The summed E-state index contributed by atoms with van der Waals surface area (Å²) < 4.78 is 16.5. The van der Waals surface area contributed by atoms with E-state index >= 15 is 0 Å². The van der Waals surface area contributed by atoms with Gasteiger partial charge in [-0.1, -0.05) is 11.6 Å². The first-order valence-electron chi connectivity index (χ1n) is 10.6. The topological polar surface area (TPSA) is 90.2 Å². The molecule has 1 aromatic heterocycles. The summed E-state index contributed by atoms with van der Waals surface area (Å²) in [5.74, 6) is 0.921. The summed E-state index contributed by atoms with van der Waals surface area (Å²) in [6, 6.07) is 13.1. The lowest BCUT2D eigenvalue weighted by Gasteiger charge is -2.10. The molecule has 0 amide bonds. The van der Waals surface area contributed by atoms with Crippen LogP contribution < -0.4 is 14.2 Å². The van der Waals surface area contributed by atoms with Crippen molar-refractivity contribution in [1.29, 1.82) is 0 Å². The molecule has 0 aliphatic carbocycles. The summed E-state index contributed by atoms with van der Waals surface area (Å²) in [5.41, 5.74) is 3.74. The van der Waals surface area contributed by atoms with Gasteiger partial charge in [0.1, 0.15) is 34.0 Å². The van der Waals surface area contributed by atoms with Crippen LogP contribution in [0.2, 0.25) is 0 Å². The molecule has 1 aliphatic rings. The predicted molar refractivity (Wildman–Crippen MR) is 133 cm³/mol. The summed E-state index contributed by atoms with van der Waals surface area (Å²) >= 11 is 7.63. The fourth-order valence-corrected chi connectivity index (χ4v) is 4.61. The molecule has 0 radical (unpaired) electrons. The molecule has 0 saturated carbocycles. The summed E-state index contributed by atoms with van der Waals surface area (Å²) in [7, 11) is 1.64. The van der Waals surface area contributed by atoms with Crippen molar-refractivity contribution in [2.24, 2.45) is 4.99 Å². The van der Waals surface area contributed by atoms with Crippen molar-refractivity contribution in [3.63, 3.8) is 0 Å². The summed E-state index contributed by atoms with van der Waals surface area (Å²) in [4.78, 5) is 20.9. The van der Waals surface area contributed by atoms with Crippen LogP contribution in [0.1, 0.15) is 28.3 Å². The van der Waals surface area contributed by atoms with E-state index in [1.807, 2.05) is 43.5 Å². The van der Waals surface area contributed by atoms with Gasteiger partial charge in [-0.25, -0.2) is 14.8 Å². The number of halogens is 1. The Kier molecular flexibility index (Phi) is 7.49. The zero-order chi connectivity index (χ0) is 24.1. The van der Waals surface area contributed by atoms with Gasteiger partial charge < -0.3 is 19.3 Å². The third-order valence-electron chi connectivity index (χ3n) is 5.15. The molecule has 0 atom stereocenters. The highest BCUT2D eigenvalue weighted by molar-refractivity contribution is 7.13. The van der Waals surface area contributed by atoms with Gasteiger partial charge in [-0.2, -0.15) is 0 Å². The van der Waals surface area contributed by atoms with Crippen LogP contribution in [0.3, 0.4) is 0 Å². The number of methoxy groups -OCH3 is 1. The highest BCUT2D eigenvalue weighted by Gasteiger charge is 2.19. The fraction of sp³-hybridized carbons (Fsp3) is 0.240. The second kappa shape index (κ2) is 10.7. The Hall–Kier alpha value is -3.36. The monoisotopic (exact) mass is 498 g/mol. The molecule has 9 heteroatoms. The smallest absolute Gasteiger partial charge is 0.341 e. The van der Waals surface area contributed by atoms with E-state index in [9.17, 15) is 4.79 Å². The van der Waals surface area contributed by atoms with Gasteiger partial charge in [0, 0.05) is 18.2 Å². The predicted octanol–water partition coefficient (Wildman–Crippen LogP) is 5.94. The molecule has 4 rings (SSSR count). The number of aryl methyl sites for hydroxylation is 1. The Labute approximate surface area is 206 Å². The summed E-state index contributed by atoms with van der Waals surface area (Å²) in [6.07, 6.45) is 3.32. The lowest BCUT2D eigenvalue weighted by molar-refractivity contribution is -0.139. The standard InChI is InChI=1S/C25H23ClN2O5S/c1-15-11-19(8-9-20(15)33-14-23(29)30)32-13-22-28-24(16-3-6-18(31-2)7-4-16)25(34-22)17-5-10-21(26)27-12-17/h3-4,6-9,11-12H,5,10,13-14H2,1-2H3,(H,29,30). The number of hydrogen-bond donors (Lipinski definition) is 1. The molecule has 0 fully saturated rings. The van der Waals surface area contributed by atoms with Crippen molar-refractivity contribution in [3.05, 3.63) is 64.1 Å². The van der Waals surface area contributed by atoms with Crippen molar-refractivity contribution >= 4 is 39.7 Å². The van der Waals surface area contributed by atoms with Crippen LogP contribution in [-0.2, 0) is 11.4 Å². The molecule has 2 heterocycles. The van der Waals surface area contributed by atoms with Crippen molar-refractivity contribution in [2.75, 3.05) is 13.7 Å². The Balaban J connectivity index is 1.56. The van der Waals surface area contributed by atoms with Gasteiger partial charge in [0.25, 0.3) is 0 Å². The number of allylic oxidation sites excluding steroid dienone is 1. The number of carbonyl (C=O) groups is 1. The Morgan fingerprint density at radius 2 is 1.88 bits per heavy atom. The number of nitrogens with zero attached hydrogens (tertiary/aromatic N) is 2. The number of ether oxygens (including phenoxy) is 3. The van der Waals surface area contributed by atoms with Crippen LogP contribution in [0, 0.1) is 6.92 Å². The highest BCUT2D eigenvalue weighted by atomic mass is 35.5. The average molecular weight is 499 g/mol. The number of aliphatic imine (C=N–C) groups is 1. The third kappa shape index (κ3) is 5.76. The van der Waals surface area contributed by atoms with Gasteiger partial charge in [0.15, 0.2) is 6.61 Å². The molecular weight excluding hydrogens is 476 g/mol. The fourth-order valence-electron chi connectivity index (χ4n) is 3.43. The lowest BCUT2D eigenvalue weighted by Crippen LogP contribution is -2.10. The molecule has 176 valence electrons. The maximum Gasteiger partial charge on any atom is 0.341 e. The minimum atomic E-state index is -1.02. The van der Waals surface area contributed by atoms with Gasteiger partial charge in [-0.3, -0.25) is 0 Å².